The first kappa shape index (κ1) is 14.0. The second-order valence-electron chi connectivity index (χ2n) is 5.65. The summed E-state index contributed by atoms with van der Waals surface area (Å²) in [6.07, 6.45) is 0.927. The summed E-state index contributed by atoms with van der Waals surface area (Å²) in [4.78, 5) is 15.3. The van der Waals surface area contributed by atoms with Crippen molar-refractivity contribution in [1.82, 2.24) is 4.98 Å². The highest BCUT2D eigenvalue weighted by Gasteiger charge is 2.37. The predicted octanol–water partition coefficient (Wildman–Crippen LogP) is 3.83. The van der Waals surface area contributed by atoms with Crippen LogP contribution in [0.15, 0.2) is 29.1 Å². The lowest BCUT2D eigenvalue weighted by atomic mass is 9.84. The first-order valence-corrected chi connectivity index (χ1v) is 7.07. The van der Waals surface area contributed by atoms with Crippen molar-refractivity contribution in [3.05, 3.63) is 40.2 Å². The van der Waals surface area contributed by atoms with E-state index >= 15 is 0 Å². The predicted molar refractivity (Wildman–Crippen MR) is 77.3 cm³/mol. The Hall–Kier alpha value is -1.91. The third kappa shape index (κ3) is 2.77. The van der Waals surface area contributed by atoms with E-state index in [-0.39, 0.29) is 24.2 Å². The van der Waals surface area contributed by atoms with E-state index in [0.29, 0.717) is 35.2 Å². The fourth-order valence-corrected chi connectivity index (χ4v) is 3.03. The van der Waals surface area contributed by atoms with Crippen LogP contribution in [0.4, 0.5) is 8.78 Å². The summed E-state index contributed by atoms with van der Waals surface area (Å²) in [6.45, 7) is 0. The highest BCUT2D eigenvalue weighted by molar-refractivity contribution is 5.80. The topological polar surface area (TPSA) is 42.1 Å². The fourth-order valence-electron chi connectivity index (χ4n) is 3.03. The van der Waals surface area contributed by atoms with Crippen molar-refractivity contribution in [3.63, 3.8) is 0 Å². The Morgan fingerprint density at radius 1 is 1.33 bits per heavy atom. The number of methoxy groups -OCH3 is 1. The highest BCUT2D eigenvalue weighted by Crippen LogP contribution is 2.41. The number of hydrogen-bond acceptors (Lipinski definition) is 2. The maximum absolute atomic E-state index is 13.5. The Balaban J connectivity index is 2.03. The van der Waals surface area contributed by atoms with Crippen LogP contribution in [0.1, 0.15) is 37.3 Å². The normalized spacial score (nSPS) is 21.4. The lowest BCUT2D eigenvalue weighted by Crippen LogP contribution is -2.26. The molecule has 0 spiro atoms. The van der Waals surface area contributed by atoms with Gasteiger partial charge in [0.05, 0.1) is 7.11 Å². The van der Waals surface area contributed by atoms with E-state index in [4.69, 9.17) is 4.74 Å². The highest BCUT2D eigenvalue weighted by atomic mass is 19.3. The summed E-state index contributed by atoms with van der Waals surface area (Å²) >= 11 is 0. The molecule has 21 heavy (non-hydrogen) atoms. The molecule has 112 valence electrons. The molecule has 0 amide bonds. The maximum atomic E-state index is 13.5. The molecule has 3 rings (SSSR count). The molecular formula is C16H17F2NO2. The van der Waals surface area contributed by atoms with Gasteiger partial charge >= 0.3 is 0 Å². The lowest BCUT2D eigenvalue weighted by Gasteiger charge is -2.29. The number of aromatic nitrogens is 1. The van der Waals surface area contributed by atoms with Gasteiger partial charge in [0.2, 0.25) is 5.92 Å². The van der Waals surface area contributed by atoms with Crippen LogP contribution < -0.4 is 10.2 Å². The molecule has 2 aromatic rings. The second kappa shape index (κ2) is 5.13. The number of benzene rings is 1. The van der Waals surface area contributed by atoms with Crippen molar-refractivity contribution in [2.75, 3.05) is 7.11 Å². The molecule has 1 aliphatic rings. The van der Waals surface area contributed by atoms with Crippen molar-refractivity contribution in [1.29, 1.82) is 0 Å². The lowest BCUT2D eigenvalue weighted by molar-refractivity contribution is -0.0412. The SMILES string of the molecule is COc1ccc2[nH]c(C3CCCC(F)(F)C3)cc(=O)c2c1. The van der Waals surface area contributed by atoms with Gasteiger partial charge in [0.15, 0.2) is 5.43 Å². The quantitative estimate of drug-likeness (QED) is 0.914. The fraction of sp³-hybridized carbons (Fsp3) is 0.438. The summed E-state index contributed by atoms with van der Waals surface area (Å²) in [5.41, 5.74) is 1.11. The molecule has 1 N–H and O–H groups in total. The van der Waals surface area contributed by atoms with E-state index in [1.807, 2.05) is 0 Å². The van der Waals surface area contributed by atoms with E-state index in [2.05, 4.69) is 4.98 Å². The maximum Gasteiger partial charge on any atom is 0.248 e. The molecule has 1 heterocycles. The number of fused-ring (bicyclic) bond motifs is 1. The number of hydrogen-bond donors (Lipinski definition) is 1. The number of alkyl halides is 2. The minimum absolute atomic E-state index is 0.0570. The van der Waals surface area contributed by atoms with Crippen molar-refractivity contribution < 1.29 is 13.5 Å². The van der Waals surface area contributed by atoms with Gasteiger partial charge < -0.3 is 9.72 Å². The van der Waals surface area contributed by atoms with E-state index < -0.39 is 5.92 Å². The number of aromatic amines is 1. The van der Waals surface area contributed by atoms with Crippen molar-refractivity contribution in [2.45, 2.75) is 37.5 Å². The van der Waals surface area contributed by atoms with Crippen LogP contribution in [0, 0.1) is 0 Å². The number of nitrogens with one attached hydrogen (secondary N) is 1. The summed E-state index contributed by atoms with van der Waals surface area (Å²) in [6, 6.07) is 6.61. The Morgan fingerprint density at radius 2 is 2.14 bits per heavy atom. The third-order valence-corrected chi connectivity index (χ3v) is 4.14. The number of rotatable bonds is 2. The number of halogens is 2. The average Bonchev–Trinajstić information content (AvgIpc) is 2.46. The van der Waals surface area contributed by atoms with Gasteiger partial charge in [-0.3, -0.25) is 4.79 Å². The summed E-state index contributed by atoms with van der Waals surface area (Å²) in [7, 11) is 1.54. The molecule has 1 atom stereocenters. The number of H-pyrrole nitrogens is 1. The van der Waals surface area contributed by atoms with Crippen LogP contribution in [0.25, 0.3) is 10.9 Å². The van der Waals surface area contributed by atoms with Gasteiger partial charge in [-0.25, -0.2) is 8.78 Å². The Morgan fingerprint density at radius 3 is 2.86 bits per heavy atom. The van der Waals surface area contributed by atoms with Crippen LogP contribution in [0.3, 0.4) is 0 Å². The molecule has 1 aromatic heterocycles. The molecule has 1 unspecified atom stereocenters. The first-order chi connectivity index (χ1) is 9.98. The van der Waals surface area contributed by atoms with E-state index in [9.17, 15) is 13.6 Å². The molecule has 5 heteroatoms. The van der Waals surface area contributed by atoms with Crippen LogP contribution in [-0.2, 0) is 0 Å². The largest absolute Gasteiger partial charge is 0.497 e. The van der Waals surface area contributed by atoms with E-state index in [1.54, 1.807) is 18.2 Å². The van der Waals surface area contributed by atoms with E-state index in [1.165, 1.54) is 13.2 Å². The van der Waals surface area contributed by atoms with Gasteiger partial charge in [0.25, 0.3) is 0 Å². The molecule has 1 fully saturated rings. The smallest absolute Gasteiger partial charge is 0.248 e. The summed E-state index contributed by atoms with van der Waals surface area (Å²) in [5, 5.41) is 0.515. The monoisotopic (exact) mass is 293 g/mol. The zero-order valence-corrected chi connectivity index (χ0v) is 11.8. The Labute approximate surface area is 120 Å². The minimum Gasteiger partial charge on any atom is -0.497 e. The molecule has 0 bridgehead atoms. The van der Waals surface area contributed by atoms with Crippen molar-refractivity contribution >= 4 is 10.9 Å². The molecule has 0 aliphatic heterocycles. The van der Waals surface area contributed by atoms with Gasteiger partial charge in [0, 0.05) is 41.4 Å². The van der Waals surface area contributed by atoms with Crippen LogP contribution in [0.5, 0.6) is 5.75 Å². The molecule has 1 aromatic carbocycles. The molecular weight excluding hydrogens is 276 g/mol. The molecule has 3 nitrogen and oxygen atoms in total. The van der Waals surface area contributed by atoms with Crippen molar-refractivity contribution in [2.24, 2.45) is 0 Å². The van der Waals surface area contributed by atoms with Crippen LogP contribution in [0.2, 0.25) is 0 Å². The van der Waals surface area contributed by atoms with Gasteiger partial charge in [-0.15, -0.1) is 0 Å². The minimum atomic E-state index is -2.63. The van der Waals surface area contributed by atoms with Crippen LogP contribution in [-0.4, -0.2) is 18.0 Å². The summed E-state index contributed by atoms with van der Waals surface area (Å²) < 4.78 is 32.2. The molecule has 1 saturated carbocycles. The molecule has 1 aliphatic carbocycles. The Kier molecular flexibility index (Phi) is 3.43. The van der Waals surface area contributed by atoms with Gasteiger partial charge in [-0.2, -0.15) is 0 Å². The zero-order chi connectivity index (χ0) is 15.0. The third-order valence-electron chi connectivity index (χ3n) is 4.14. The summed E-state index contributed by atoms with van der Waals surface area (Å²) in [5.74, 6) is -2.31. The standard InChI is InChI=1S/C16H17F2NO2/c1-21-11-4-5-13-12(7-11)15(20)8-14(19-13)10-3-2-6-16(17,18)9-10/h4-5,7-8,10H,2-3,6,9H2,1H3,(H,19,20). The van der Waals surface area contributed by atoms with Gasteiger partial charge in [-0.05, 0) is 31.0 Å². The van der Waals surface area contributed by atoms with Crippen molar-refractivity contribution in [3.8, 4) is 5.75 Å². The molecule has 0 radical (unpaired) electrons. The second-order valence-corrected chi connectivity index (χ2v) is 5.65. The zero-order valence-electron chi connectivity index (χ0n) is 11.8. The first-order valence-electron chi connectivity index (χ1n) is 7.07. The number of pyridine rings is 1. The number of ether oxygens (including phenoxy) is 1. The van der Waals surface area contributed by atoms with E-state index in [0.717, 1.165) is 0 Å². The average molecular weight is 293 g/mol. The van der Waals surface area contributed by atoms with Gasteiger partial charge in [0.1, 0.15) is 5.75 Å². The van der Waals surface area contributed by atoms with Gasteiger partial charge in [-0.1, -0.05) is 0 Å². The Bertz CT molecular complexity index is 724. The van der Waals surface area contributed by atoms with Crippen LogP contribution >= 0.6 is 0 Å². The molecule has 0 saturated heterocycles.